The molecule has 1 fully saturated rings. The molecule has 0 aliphatic carbocycles. The number of ether oxygens (including phenoxy) is 1. The second-order valence-corrected chi connectivity index (χ2v) is 8.04. The SMILES string of the molecule is CCOc1ccc(C(=O)C2C(=O)C(=O)N(CC[NH+](C)C)C2c2ccccc2F)cc1C. The molecule has 2 aromatic carbocycles. The minimum absolute atomic E-state index is 0.177. The van der Waals surface area contributed by atoms with Crippen molar-refractivity contribution in [1.29, 1.82) is 0 Å². The summed E-state index contributed by atoms with van der Waals surface area (Å²) >= 11 is 0. The van der Waals surface area contributed by atoms with Crippen molar-refractivity contribution in [3.63, 3.8) is 0 Å². The summed E-state index contributed by atoms with van der Waals surface area (Å²) in [4.78, 5) is 41.6. The lowest BCUT2D eigenvalue weighted by Gasteiger charge is -2.27. The topological polar surface area (TPSA) is 68.1 Å². The quantitative estimate of drug-likeness (QED) is 0.395. The molecule has 2 atom stereocenters. The van der Waals surface area contributed by atoms with Crippen molar-refractivity contribution in [2.75, 3.05) is 33.8 Å². The number of hydrogen-bond donors (Lipinski definition) is 1. The lowest BCUT2D eigenvalue weighted by atomic mass is 9.85. The maximum absolute atomic E-state index is 14.7. The molecule has 1 saturated heterocycles. The van der Waals surface area contributed by atoms with Gasteiger partial charge in [-0.1, -0.05) is 18.2 Å². The van der Waals surface area contributed by atoms with Crippen LogP contribution in [0.15, 0.2) is 42.5 Å². The first-order valence-electron chi connectivity index (χ1n) is 10.4. The molecule has 0 saturated carbocycles. The summed E-state index contributed by atoms with van der Waals surface area (Å²) in [6, 6.07) is 9.94. The van der Waals surface area contributed by atoms with Gasteiger partial charge in [-0.2, -0.15) is 0 Å². The molecule has 0 bridgehead atoms. The van der Waals surface area contributed by atoms with Crippen molar-refractivity contribution < 1.29 is 28.4 Å². The van der Waals surface area contributed by atoms with Crippen LogP contribution in [0.1, 0.15) is 34.5 Å². The summed E-state index contributed by atoms with van der Waals surface area (Å²) in [5, 5.41) is 0. The fraction of sp³-hybridized carbons (Fsp3) is 0.375. The van der Waals surface area contributed by atoms with Gasteiger partial charge in [0, 0.05) is 11.1 Å². The highest BCUT2D eigenvalue weighted by molar-refractivity contribution is 6.44. The molecule has 31 heavy (non-hydrogen) atoms. The number of ketones is 2. The van der Waals surface area contributed by atoms with Gasteiger partial charge in [-0.15, -0.1) is 0 Å². The number of carbonyl (C=O) groups excluding carboxylic acids is 3. The second-order valence-electron chi connectivity index (χ2n) is 8.04. The summed E-state index contributed by atoms with van der Waals surface area (Å²) < 4.78 is 20.2. The number of halogens is 1. The van der Waals surface area contributed by atoms with E-state index < -0.39 is 35.3 Å². The van der Waals surface area contributed by atoms with Crippen LogP contribution in [0.4, 0.5) is 4.39 Å². The Morgan fingerprint density at radius 3 is 2.48 bits per heavy atom. The smallest absolute Gasteiger partial charge is 0.291 e. The van der Waals surface area contributed by atoms with E-state index in [9.17, 15) is 18.8 Å². The summed E-state index contributed by atoms with van der Waals surface area (Å²) in [7, 11) is 3.84. The number of Topliss-reactive ketones (excluding diaryl/α,β-unsaturated/α-hetero) is 2. The Balaban J connectivity index is 2.04. The maximum Gasteiger partial charge on any atom is 0.291 e. The van der Waals surface area contributed by atoms with Crippen molar-refractivity contribution in [3.8, 4) is 5.75 Å². The molecule has 1 N–H and O–H groups in total. The summed E-state index contributed by atoms with van der Waals surface area (Å²) in [5.74, 6) is -3.21. The molecule has 164 valence electrons. The number of likely N-dealkylation sites (N-methyl/N-ethyl adjacent to an activating group) is 1. The molecule has 0 radical (unpaired) electrons. The third kappa shape index (κ3) is 4.51. The van der Waals surface area contributed by atoms with Crippen LogP contribution in [-0.2, 0) is 9.59 Å². The molecule has 1 amide bonds. The third-order valence-electron chi connectivity index (χ3n) is 5.52. The summed E-state index contributed by atoms with van der Waals surface area (Å²) in [6.07, 6.45) is 0. The van der Waals surface area contributed by atoms with E-state index in [-0.39, 0.29) is 12.1 Å². The molecule has 1 heterocycles. The van der Waals surface area contributed by atoms with Gasteiger partial charge < -0.3 is 14.5 Å². The molecule has 6 nitrogen and oxygen atoms in total. The Bertz CT molecular complexity index is 1000. The normalized spacial score (nSPS) is 18.7. The Morgan fingerprint density at radius 2 is 1.87 bits per heavy atom. The van der Waals surface area contributed by atoms with E-state index in [0.717, 1.165) is 10.5 Å². The molecule has 0 aromatic heterocycles. The number of nitrogens with zero attached hydrogens (tertiary/aromatic N) is 1. The molecule has 1 aliphatic heterocycles. The number of amides is 1. The van der Waals surface area contributed by atoms with Gasteiger partial charge >= 0.3 is 0 Å². The van der Waals surface area contributed by atoms with E-state index >= 15 is 0 Å². The van der Waals surface area contributed by atoms with Crippen LogP contribution in [0.5, 0.6) is 5.75 Å². The van der Waals surface area contributed by atoms with Gasteiger partial charge in [0.15, 0.2) is 5.78 Å². The van der Waals surface area contributed by atoms with Crippen molar-refractivity contribution in [2.24, 2.45) is 5.92 Å². The fourth-order valence-electron chi connectivity index (χ4n) is 3.93. The average molecular weight is 427 g/mol. The Hall–Kier alpha value is -3.06. The van der Waals surface area contributed by atoms with Crippen molar-refractivity contribution in [1.82, 2.24) is 4.90 Å². The standard InChI is InChI=1S/C24H27FN2O4/c1-5-31-19-11-10-16(14-15(19)2)22(28)20-21(17-8-6-7-9-18(17)25)27(13-12-26(3)4)24(30)23(20)29/h6-11,14,20-21H,5,12-13H2,1-4H3/p+1. The third-order valence-corrected chi connectivity index (χ3v) is 5.52. The molecular formula is C24H28FN2O4+. The number of carbonyl (C=O) groups is 3. The molecule has 3 rings (SSSR count). The predicted octanol–water partition coefficient (Wildman–Crippen LogP) is 1.63. The first-order chi connectivity index (χ1) is 14.8. The molecular weight excluding hydrogens is 399 g/mol. The van der Waals surface area contributed by atoms with Crippen molar-refractivity contribution in [2.45, 2.75) is 19.9 Å². The molecule has 2 aromatic rings. The zero-order chi connectivity index (χ0) is 22.7. The van der Waals surface area contributed by atoms with E-state index in [1.54, 1.807) is 30.3 Å². The molecule has 0 spiro atoms. The van der Waals surface area contributed by atoms with Gasteiger partial charge in [0.2, 0.25) is 5.78 Å². The monoisotopic (exact) mass is 427 g/mol. The number of aryl methyl sites for hydroxylation is 1. The van der Waals surface area contributed by atoms with E-state index in [1.807, 2.05) is 27.9 Å². The second kappa shape index (κ2) is 9.39. The van der Waals surface area contributed by atoms with Crippen LogP contribution in [0.2, 0.25) is 0 Å². The van der Waals surface area contributed by atoms with Gasteiger partial charge in [0.25, 0.3) is 5.91 Å². The van der Waals surface area contributed by atoms with Crippen molar-refractivity contribution >= 4 is 17.5 Å². The Kier molecular flexibility index (Phi) is 6.85. The van der Waals surface area contributed by atoms with Crippen LogP contribution in [-0.4, -0.2) is 56.2 Å². The minimum atomic E-state index is -1.29. The minimum Gasteiger partial charge on any atom is -0.494 e. The van der Waals surface area contributed by atoms with Crippen LogP contribution < -0.4 is 9.64 Å². The van der Waals surface area contributed by atoms with E-state index in [2.05, 4.69) is 0 Å². The fourth-order valence-corrected chi connectivity index (χ4v) is 3.93. The first kappa shape index (κ1) is 22.6. The van der Waals surface area contributed by atoms with Gasteiger partial charge in [-0.25, -0.2) is 4.39 Å². The number of likely N-dealkylation sites (tertiary alicyclic amines) is 1. The van der Waals surface area contributed by atoms with E-state index in [4.69, 9.17) is 4.74 Å². The largest absolute Gasteiger partial charge is 0.494 e. The zero-order valence-corrected chi connectivity index (χ0v) is 18.3. The predicted molar refractivity (Wildman–Crippen MR) is 114 cm³/mol. The lowest BCUT2D eigenvalue weighted by molar-refractivity contribution is -0.857. The lowest BCUT2D eigenvalue weighted by Crippen LogP contribution is -3.06. The van der Waals surface area contributed by atoms with Crippen LogP contribution in [0.3, 0.4) is 0 Å². The highest BCUT2D eigenvalue weighted by Crippen LogP contribution is 2.39. The van der Waals surface area contributed by atoms with Gasteiger partial charge in [-0.3, -0.25) is 14.4 Å². The molecule has 7 heteroatoms. The summed E-state index contributed by atoms with van der Waals surface area (Å²) in [6.45, 7) is 4.97. The Morgan fingerprint density at radius 1 is 1.16 bits per heavy atom. The highest BCUT2D eigenvalue weighted by Gasteiger charge is 2.52. The first-order valence-corrected chi connectivity index (χ1v) is 10.4. The van der Waals surface area contributed by atoms with Crippen molar-refractivity contribution in [3.05, 3.63) is 65.0 Å². The Labute approximate surface area is 181 Å². The van der Waals surface area contributed by atoms with Crippen LogP contribution in [0, 0.1) is 18.7 Å². The highest BCUT2D eigenvalue weighted by atomic mass is 19.1. The van der Waals surface area contributed by atoms with Gasteiger partial charge in [-0.05, 0) is 43.7 Å². The number of benzene rings is 2. The molecule has 1 aliphatic rings. The number of rotatable bonds is 8. The average Bonchev–Trinajstić information content (AvgIpc) is 2.98. The number of nitrogens with one attached hydrogen (secondary N) is 1. The van der Waals surface area contributed by atoms with E-state index in [0.29, 0.717) is 24.5 Å². The van der Waals surface area contributed by atoms with Crippen LogP contribution in [0.25, 0.3) is 0 Å². The van der Waals surface area contributed by atoms with Gasteiger partial charge in [0.1, 0.15) is 17.5 Å². The summed E-state index contributed by atoms with van der Waals surface area (Å²) in [5.41, 5.74) is 1.23. The number of quaternary nitrogens is 1. The van der Waals surface area contributed by atoms with Gasteiger partial charge in [0.05, 0.1) is 39.8 Å². The molecule has 2 unspecified atom stereocenters. The zero-order valence-electron chi connectivity index (χ0n) is 18.3. The number of hydrogen-bond acceptors (Lipinski definition) is 4. The maximum atomic E-state index is 14.7. The van der Waals surface area contributed by atoms with Crippen LogP contribution >= 0.6 is 0 Å². The van der Waals surface area contributed by atoms with E-state index in [1.165, 1.54) is 17.0 Å².